The van der Waals surface area contributed by atoms with E-state index in [4.69, 9.17) is 0 Å². The van der Waals surface area contributed by atoms with Gasteiger partial charge in [-0.1, -0.05) is 181 Å². The van der Waals surface area contributed by atoms with Gasteiger partial charge in [0.15, 0.2) is 0 Å². The molecular weight excluding hydrogens is 472 g/mol. The zero-order valence-corrected chi connectivity index (χ0v) is 27.1. The molecule has 0 atom stereocenters. The first kappa shape index (κ1) is 41.2. The first-order valence-electron chi connectivity index (χ1n) is 16.0. The standard InChI is InChI=1S/C16H32O2.C16H33O.Ca/c1-2-3-4-5-6-7-8-9-10-11-12-13-14-15-16(17)18;1-2-3-4-5-6-7-8-9-10-11-12-13-14-15-16-17;/h2-15H2,1H3,(H,17,18);2-16H2,1H3;/q;-1;+2/p-1. The summed E-state index contributed by atoms with van der Waals surface area (Å²) in [6.07, 6.45) is 35.8. The van der Waals surface area contributed by atoms with Crippen molar-refractivity contribution in [2.24, 2.45) is 0 Å². The maximum Gasteiger partial charge on any atom is 2.00 e. The molecule has 0 fully saturated rings. The number of hydrogen-bond donors (Lipinski definition) is 0. The van der Waals surface area contributed by atoms with E-state index >= 15 is 0 Å². The molecule has 0 aliphatic rings. The largest absolute Gasteiger partial charge is 2.00 e. The third-order valence-corrected chi connectivity index (χ3v) is 6.98. The summed E-state index contributed by atoms with van der Waals surface area (Å²) >= 11 is 0. The van der Waals surface area contributed by atoms with E-state index in [1.807, 2.05) is 0 Å². The average Bonchev–Trinajstić information content (AvgIpc) is 2.85. The Hall–Kier alpha value is 0.690. The van der Waals surface area contributed by atoms with Crippen LogP contribution in [0.25, 0.3) is 0 Å². The Bertz CT molecular complexity index is 362. The monoisotopic (exact) mass is 536 g/mol. The molecule has 0 spiro atoms. The van der Waals surface area contributed by atoms with E-state index in [1.54, 1.807) is 0 Å². The van der Waals surface area contributed by atoms with Gasteiger partial charge in [0.05, 0.1) is 0 Å². The number of carboxylic acids is 1. The van der Waals surface area contributed by atoms with E-state index in [1.165, 1.54) is 148 Å². The fourth-order valence-electron chi connectivity index (χ4n) is 4.58. The molecule has 0 radical (unpaired) electrons. The summed E-state index contributed by atoms with van der Waals surface area (Å²) in [5, 5.41) is 20.4. The van der Waals surface area contributed by atoms with Crippen molar-refractivity contribution in [2.75, 3.05) is 6.61 Å². The van der Waals surface area contributed by atoms with Crippen molar-refractivity contribution in [1.82, 2.24) is 0 Å². The smallest absolute Gasteiger partial charge is 0.854 e. The third-order valence-electron chi connectivity index (χ3n) is 6.98. The van der Waals surface area contributed by atoms with Crippen molar-refractivity contribution in [3.05, 3.63) is 0 Å². The first-order valence-corrected chi connectivity index (χ1v) is 16.0. The van der Waals surface area contributed by atoms with Crippen molar-refractivity contribution in [2.45, 2.75) is 194 Å². The van der Waals surface area contributed by atoms with Crippen LogP contribution in [-0.4, -0.2) is 50.3 Å². The zero-order valence-electron chi connectivity index (χ0n) is 24.9. The van der Waals surface area contributed by atoms with Crippen molar-refractivity contribution in [1.29, 1.82) is 0 Å². The molecule has 0 heterocycles. The molecule has 212 valence electrons. The first-order chi connectivity index (χ1) is 17.2. The quantitative estimate of drug-likeness (QED) is 0.0742. The van der Waals surface area contributed by atoms with Gasteiger partial charge < -0.3 is 15.0 Å². The number of hydrogen-bond acceptors (Lipinski definition) is 3. The van der Waals surface area contributed by atoms with Gasteiger partial charge in [-0.15, -0.1) is 6.61 Å². The van der Waals surface area contributed by atoms with Crippen LogP contribution in [0.2, 0.25) is 0 Å². The molecule has 4 heteroatoms. The summed E-state index contributed by atoms with van der Waals surface area (Å²) in [7, 11) is 0. The SMILES string of the molecule is CCCCCCCCCCCCCCCC(=O)[O-].CCCCCCCCCCCCCCCC[O-].[Ca+2]. The van der Waals surface area contributed by atoms with Gasteiger partial charge in [0, 0.05) is 5.97 Å². The Balaban J connectivity index is -0.000000590. The summed E-state index contributed by atoms with van der Waals surface area (Å²) in [6.45, 7) is 4.65. The summed E-state index contributed by atoms with van der Waals surface area (Å²) in [4.78, 5) is 10.2. The minimum absolute atomic E-state index is 0. The molecule has 0 aromatic carbocycles. The fourth-order valence-corrected chi connectivity index (χ4v) is 4.58. The number of unbranched alkanes of at least 4 members (excludes halogenated alkanes) is 25. The van der Waals surface area contributed by atoms with Crippen molar-refractivity contribution in [3.63, 3.8) is 0 Å². The molecule has 0 N–H and O–H groups in total. The maximum absolute atomic E-state index is 10.2. The van der Waals surface area contributed by atoms with Crippen LogP contribution in [-0.2, 0) is 4.79 Å². The third kappa shape index (κ3) is 44.7. The minimum atomic E-state index is -0.905. The summed E-state index contributed by atoms with van der Waals surface area (Å²) in [6, 6.07) is 0. The van der Waals surface area contributed by atoms with E-state index in [0.29, 0.717) is 0 Å². The van der Waals surface area contributed by atoms with E-state index in [-0.39, 0.29) is 50.8 Å². The van der Waals surface area contributed by atoms with Gasteiger partial charge in [-0.2, -0.15) is 0 Å². The number of carbonyl (C=O) groups is 1. The van der Waals surface area contributed by atoms with Gasteiger partial charge in [0.1, 0.15) is 0 Å². The van der Waals surface area contributed by atoms with Crippen LogP contribution in [0.1, 0.15) is 194 Å². The Morgan fingerprint density at radius 1 is 0.417 bits per heavy atom. The molecule has 0 amide bonds. The van der Waals surface area contributed by atoms with E-state index in [0.717, 1.165) is 25.7 Å². The van der Waals surface area contributed by atoms with Crippen LogP contribution in [0, 0.1) is 0 Å². The molecule has 0 saturated heterocycles. The Morgan fingerprint density at radius 3 is 0.861 bits per heavy atom. The van der Waals surface area contributed by atoms with Crippen molar-refractivity contribution < 1.29 is 15.0 Å². The second-order valence-electron chi connectivity index (χ2n) is 10.7. The van der Waals surface area contributed by atoms with Crippen LogP contribution >= 0.6 is 0 Å². The van der Waals surface area contributed by atoms with Gasteiger partial charge >= 0.3 is 37.7 Å². The second kappa shape index (κ2) is 40.2. The molecule has 0 bridgehead atoms. The van der Waals surface area contributed by atoms with Crippen molar-refractivity contribution in [3.8, 4) is 0 Å². The van der Waals surface area contributed by atoms with Crippen LogP contribution < -0.4 is 10.2 Å². The number of carboxylic acid groups (broad SMARTS) is 1. The Labute approximate surface area is 257 Å². The van der Waals surface area contributed by atoms with E-state index < -0.39 is 5.97 Å². The van der Waals surface area contributed by atoms with Crippen LogP contribution in [0.15, 0.2) is 0 Å². The van der Waals surface area contributed by atoms with E-state index in [9.17, 15) is 15.0 Å². The van der Waals surface area contributed by atoms with Crippen LogP contribution in [0.4, 0.5) is 0 Å². The molecule has 0 unspecified atom stereocenters. The predicted molar refractivity (Wildman–Crippen MR) is 156 cm³/mol. The fraction of sp³-hybridized carbons (Fsp3) is 0.969. The van der Waals surface area contributed by atoms with Gasteiger partial charge in [-0.05, 0) is 12.8 Å². The average molecular weight is 537 g/mol. The van der Waals surface area contributed by atoms with Gasteiger partial charge in [0.2, 0.25) is 0 Å². The number of rotatable bonds is 28. The zero-order chi connectivity index (χ0) is 26.1. The minimum Gasteiger partial charge on any atom is -0.854 e. The van der Waals surface area contributed by atoms with Crippen LogP contribution in [0.5, 0.6) is 0 Å². The summed E-state index contributed by atoms with van der Waals surface area (Å²) < 4.78 is 0. The molecule has 3 nitrogen and oxygen atoms in total. The molecular formula is C32H64CaO3. The molecule has 0 aromatic rings. The molecule has 0 rings (SSSR count). The second-order valence-corrected chi connectivity index (χ2v) is 10.7. The maximum atomic E-state index is 10.2. The Kier molecular flexibility index (Phi) is 46.0. The van der Waals surface area contributed by atoms with E-state index in [2.05, 4.69) is 13.8 Å². The topological polar surface area (TPSA) is 63.2 Å². The number of carbonyl (C=O) groups excluding carboxylic acids is 1. The Morgan fingerprint density at radius 2 is 0.639 bits per heavy atom. The molecule has 36 heavy (non-hydrogen) atoms. The predicted octanol–water partition coefficient (Wildman–Crippen LogP) is 8.66. The molecule has 0 aliphatic carbocycles. The molecule has 0 aliphatic heterocycles. The summed E-state index contributed by atoms with van der Waals surface area (Å²) in [5.41, 5.74) is 0. The summed E-state index contributed by atoms with van der Waals surface area (Å²) in [5.74, 6) is -0.905. The molecule has 0 saturated carbocycles. The van der Waals surface area contributed by atoms with Gasteiger partial charge in [0.25, 0.3) is 0 Å². The van der Waals surface area contributed by atoms with Gasteiger partial charge in [-0.25, -0.2) is 0 Å². The van der Waals surface area contributed by atoms with Crippen molar-refractivity contribution >= 4 is 43.7 Å². The van der Waals surface area contributed by atoms with Gasteiger partial charge in [-0.3, -0.25) is 0 Å². The normalized spacial score (nSPS) is 10.5. The molecule has 0 aromatic heterocycles. The van der Waals surface area contributed by atoms with Crippen LogP contribution in [0.3, 0.4) is 0 Å². The number of aliphatic carboxylic acids is 1.